The molecule has 1 aliphatic heterocycles. The van der Waals surface area contributed by atoms with E-state index in [1.54, 1.807) is 30.4 Å². The second-order valence-corrected chi connectivity index (χ2v) is 6.14. The number of aromatic nitrogens is 4. The maximum atomic E-state index is 12.9. The number of amides is 1. The van der Waals surface area contributed by atoms with E-state index in [1.165, 1.54) is 16.9 Å². The van der Waals surface area contributed by atoms with Crippen LogP contribution in [0.25, 0.3) is 5.52 Å². The minimum absolute atomic E-state index is 0.0956. The molecule has 4 heterocycles. The summed E-state index contributed by atoms with van der Waals surface area (Å²) in [5, 5.41) is 4.10. The molecule has 0 radical (unpaired) electrons. The Morgan fingerprint density at radius 1 is 1.28 bits per heavy atom. The van der Waals surface area contributed by atoms with E-state index >= 15 is 0 Å². The lowest BCUT2D eigenvalue weighted by atomic mass is 10.2. The number of pyridine rings is 1. The Kier molecular flexibility index (Phi) is 3.72. The summed E-state index contributed by atoms with van der Waals surface area (Å²) in [4.78, 5) is 35.3. The van der Waals surface area contributed by atoms with Crippen molar-refractivity contribution in [3.63, 3.8) is 0 Å². The Hall–Kier alpha value is -3.16. The van der Waals surface area contributed by atoms with Crippen LogP contribution >= 0.6 is 0 Å². The lowest BCUT2D eigenvalue weighted by Gasteiger charge is -2.25. The summed E-state index contributed by atoms with van der Waals surface area (Å²) in [6.07, 6.45) is 7.37. The Labute approximate surface area is 143 Å². The highest BCUT2D eigenvalue weighted by atomic mass is 16.2. The van der Waals surface area contributed by atoms with Gasteiger partial charge < -0.3 is 14.8 Å². The molecule has 1 saturated heterocycles. The van der Waals surface area contributed by atoms with E-state index in [-0.39, 0.29) is 17.5 Å². The molecule has 8 heteroatoms. The van der Waals surface area contributed by atoms with Crippen molar-refractivity contribution in [3.8, 4) is 0 Å². The molecule has 1 atom stereocenters. The molecule has 0 bridgehead atoms. The van der Waals surface area contributed by atoms with E-state index in [4.69, 9.17) is 0 Å². The zero-order valence-corrected chi connectivity index (χ0v) is 13.8. The van der Waals surface area contributed by atoms with E-state index < -0.39 is 0 Å². The molecule has 25 heavy (non-hydrogen) atoms. The lowest BCUT2D eigenvalue weighted by Crippen LogP contribution is -2.40. The number of rotatable bonds is 3. The number of carbonyl (C=O) groups excluding carboxylic acids is 1. The number of nitrogens with one attached hydrogen (secondary N) is 1. The SMILES string of the molecule is CN(C(=O)c1c[nH]c(=O)c2ccnn12)C1CCN(c2ccncc2)C1. The van der Waals surface area contributed by atoms with Crippen LogP contribution in [0.15, 0.2) is 47.8 Å². The summed E-state index contributed by atoms with van der Waals surface area (Å²) in [5.41, 5.74) is 1.56. The van der Waals surface area contributed by atoms with Gasteiger partial charge in [-0.25, -0.2) is 4.52 Å². The first-order chi connectivity index (χ1) is 12.1. The van der Waals surface area contributed by atoms with Gasteiger partial charge in [-0.3, -0.25) is 14.6 Å². The zero-order valence-electron chi connectivity index (χ0n) is 13.8. The molecule has 128 valence electrons. The molecule has 0 spiro atoms. The summed E-state index contributed by atoms with van der Waals surface area (Å²) in [5.74, 6) is -0.161. The predicted molar refractivity (Wildman–Crippen MR) is 92.8 cm³/mol. The third kappa shape index (κ3) is 2.65. The van der Waals surface area contributed by atoms with Crippen molar-refractivity contribution in [3.05, 3.63) is 59.0 Å². The average molecular weight is 338 g/mol. The molecule has 1 amide bonds. The van der Waals surface area contributed by atoms with Crippen LogP contribution < -0.4 is 10.5 Å². The summed E-state index contributed by atoms with van der Waals surface area (Å²) < 4.78 is 1.40. The topological polar surface area (TPSA) is 86.6 Å². The fraction of sp³-hybridized carbons (Fsp3) is 0.294. The van der Waals surface area contributed by atoms with Crippen molar-refractivity contribution in [2.45, 2.75) is 12.5 Å². The highest BCUT2D eigenvalue weighted by molar-refractivity contribution is 5.93. The van der Waals surface area contributed by atoms with Crippen molar-refractivity contribution in [1.82, 2.24) is 24.5 Å². The van der Waals surface area contributed by atoms with Crippen LogP contribution in [-0.2, 0) is 0 Å². The van der Waals surface area contributed by atoms with Gasteiger partial charge in [0.1, 0.15) is 11.2 Å². The van der Waals surface area contributed by atoms with E-state index in [0.29, 0.717) is 11.2 Å². The molecule has 1 N–H and O–H groups in total. The normalized spacial score (nSPS) is 17.2. The van der Waals surface area contributed by atoms with Gasteiger partial charge in [-0.15, -0.1) is 0 Å². The molecular formula is C17H18N6O2. The highest BCUT2D eigenvalue weighted by Gasteiger charge is 2.30. The Bertz CT molecular complexity index is 964. The second kappa shape index (κ2) is 6.04. The van der Waals surface area contributed by atoms with E-state index in [1.807, 2.05) is 12.1 Å². The summed E-state index contributed by atoms with van der Waals surface area (Å²) >= 11 is 0. The van der Waals surface area contributed by atoms with Gasteiger partial charge in [-0.2, -0.15) is 5.10 Å². The van der Waals surface area contributed by atoms with Gasteiger partial charge in [-0.1, -0.05) is 0 Å². The van der Waals surface area contributed by atoms with Gasteiger partial charge in [0.2, 0.25) is 0 Å². The monoisotopic (exact) mass is 338 g/mol. The molecule has 3 aromatic rings. The number of hydrogen-bond donors (Lipinski definition) is 1. The van der Waals surface area contributed by atoms with Gasteiger partial charge in [0.15, 0.2) is 0 Å². The number of likely N-dealkylation sites (N-methyl/N-ethyl adjacent to an activating group) is 1. The zero-order chi connectivity index (χ0) is 17.4. The van der Waals surface area contributed by atoms with Crippen LogP contribution in [0.3, 0.4) is 0 Å². The largest absolute Gasteiger partial charge is 0.369 e. The summed E-state index contributed by atoms with van der Waals surface area (Å²) in [7, 11) is 1.80. The van der Waals surface area contributed by atoms with E-state index in [9.17, 15) is 9.59 Å². The van der Waals surface area contributed by atoms with E-state index in [2.05, 4.69) is 20.0 Å². The van der Waals surface area contributed by atoms with Crippen LogP contribution in [0, 0.1) is 0 Å². The number of carbonyl (C=O) groups is 1. The molecule has 1 fully saturated rings. The van der Waals surface area contributed by atoms with Gasteiger partial charge >= 0.3 is 0 Å². The van der Waals surface area contributed by atoms with Gasteiger partial charge in [-0.05, 0) is 24.6 Å². The van der Waals surface area contributed by atoms with Gasteiger partial charge in [0.25, 0.3) is 11.5 Å². The Morgan fingerprint density at radius 2 is 2.08 bits per heavy atom. The Morgan fingerprint density at radius 3 is 2.88 bits per heavy atom. The number of H-pyrrole nitrogens is 1. The number of nitrogens with zero attached hydrogens (tertiary/aromatic N) is 5. The Balaban J connectivity index is 1.56. The molecule has 0 aliphatic carbocycles. The number of aromatic amines is 1. The number of fused-ring (bicyclic) bond motifs is 1. The second-order valence-electron chi connectivity index (χ2n) is 6.14. The minimum Gasteiger partial charge on any atom is -0.369 e. The van der Waals surface area contributed by atoms with Crippen molar-refractivity contribution in [2.75, 3.05) is 25.0 Å². The predicted octanol–water partition coefficient (Wildman–Crippen LogP) is 0.768. The smallest absolute Gasteiger partial charge is 0.274 e. The molecule has 8 nitrogen and oxygen atoms in total. The van der Waals surface area contributed by atoms with Crippen LogP contribution in [0.1, 0.15) is 16.9 Å². The van der Waals surface area contributed by atoms with Crippen molar-refractivity contribution >= 4 is 17.1 Å². The maximum absolute atomic E-state index is 12.9. The molecular weight excluding hydrogens is 320 g/mol. The quantitative estimate of drug-likeness (QED) is 0.762. The standard InChI is InChI=1S/C17H18N6O2/c1-21(13-5-9-22(11-13)12-2-6-18-7-3-12)17(25)15-10-19-16(24)14-4-8-20-23(14)15/h2-4,6-8,10,13H,5,9,11H2,1H3,(H,19,24). The van der Waals surface area contributed by atoms with Crippen molar-refractivity contribution in [1.29, 1.82) is 0 Å². The van der Waals surface area contributed by atoms with Gasteiger partial charge in [0, 0.05) is 44.4 Å². The summed E-state index contributed by atoms with van der Waals surface area (Å²) in [6.45, 7) is 1.65. The average Bonchev–Trinajstić information content (AvgIpc) is 3.32. The number of anilines is 1. The number of hydrogen-bond acceptors (Lipinski definition) is 5. The fourth-order valence-corrected chi connectivity index (χ4v) is 3.28. The van der Waals surface area contributed by atoms with Crippen LogP contribution in [0.4, 0.5) is 5.69 Å². The van der Waals surface area contributed by atoms with Crippen molar-refractivity contribution < 1.29 is 4.79 Å². The molecule has 3 aromatic heterocycles. The molecule has 1 unspecified atom stereocenters. The summed E-state index contributed by atoms with van der Waals surface area (Å²) in [6, 6.07) is 5.63. The first kappa shape index (κ1) is 15.4. The molecule has 1 aliphatic rings. The molecule has 0 saturated carbocycles. The highest BCUT2D eigenvalue weighted by Crippen LogP contribution is 2.22. The fourth-order valence-electron chi connectivity index (χ4n) is 3.28. The van der Waals surface area contributed by atoms with Crippen LogP contribution in [0.5, 0.6) is 0 Å². The lowest BCUT2D eigenvalue weighted by molar-refractivity contribution is 0.0735. The van der Waals surface area contributed by atoms with Crippen LogP contribution in [0.2, 0.25) is 0 Å². The third-order valence-corrected chi connectivity index (χ3v) is 4.72. The van der Waals surface area contributed by atoms with Gasteiger partial charge in [0.05, 0.1) is 12.2 Å². The molecule has 4 rings (SSSR count). The maximum Gasteiger partial charge on any atom is 0.274 e. The van der Waals surface area contributed by atoms with Crippen LogP contribution in [-0.4, -0.2) is 56.6 Å². The van der Waals surface area contributed by atoms with E-state index in [0.717, 1.165) is 25.2 Å². The third-order valence-electron chi connectivity index (χ3n) is 4.72. The first-order valence-corrected chi connectivity index (χ1v) is 8.13. The van der Waals surface area contributed by atoms with Crippen molar-refractivity contribution in [2.24, 2.45) is 0 Å². The first-order valence-electron chi connectivity index (χ1n) is 8.13. The minimum atomic E-state index is -0.263. The molecule has 0 aromatic carbocycles.